The van der Waals surface area contributed by atoms with E-state index in [-0.39, 0.29) is 11.8 Å². The maximum atomic E-state index is 13.0. The van der Waals surface area contributed by atoms with Crippen LogP contribution in [0.4, 0.5) is 17.1 Å². The normalized spacial score (nSPS) is 13.9. The SMILES string of the molecule is CCCN(C)CC(=O)N(C)c1ccc(NC(=C2C(=O)Nc3cc(Cl)ccc32)c2ccccc2)cc1. The van der Waals surface area contributed by atoms with Gasteiger partial charge in [0.05, 0.1) is 23.5 Å². The lowest BCUT2D eigenvalue weighted by atomic mass is 10.00. The Balaban J connectivity index is 1.63. The Bertz CT molecular complexity index is 1260. The predicted octanol–water partition coefficient (Wildman–Crippen LogP) is 5.58. The van der Waals surface area contributed by atoms with Gasteiger partial charge in [-0.2, -0.15) is 0 Å². The fourth-order valence-electron chi connectivity index (χ4n) is 4.13. The van der Waals surface area contributed by atoms with Crippen LogP contribution >= 0.6 is 11.6 Å². The van der Waals surface area contributed by atoms with Crippen LogP contribution in [0.1, 0.15) is 24.5 Å². The molecule has 2 amide bonds. The molecule has 0 fully saturated rings. The van der Waals surface area contributed by atoms with Gasteiger partial charge in [0.15, 0.2) is 0 Å². The molecule has 1 aliphatic heterocycles. The minimum absolute atomic E-state index is 0.0339. The summed E-state index contributed by atoms with van der Waals surface area (Å²) in [6.07, 6.45) is 1.00. The topological polar surface area (TPSA) is 64.7 Å². The van der Waals surface area contributed by atoms with E-state index in [1.807, 2.05) is 72.6 Å². The molecule has 0 atom stereocenters. The van der Waals surface area contributed by atoms with Crippen molar-refractivity contribution in [3.05, 3.63) is 88.9 Å². The number of rotatable bonds is 8. The molecule has 7 heteroatoms. The molecule has 0 aromatic heterocycles. The summed E-state index contributed by atoms with van der Waals surface area (Å²) in [5.74, 6) is -0.154. The van der Waals surface area contributed by atoms with Gasteiger partial charge in [0, 0.05) is 29.0 Å². The van der Waals surface area contributed by atoms with Crippen molar-refractivity contribution in [1.29, 1.82) is 0 Å². The first-order valence-corrected chi connectivity index (χ1v) is 12.0. The summed E-state index contributed by atoms with van der Waals surface area (Å²) in [5, 5.41) is 6.92. The highest BCUT2D eigenvalue weighted by atomic mass is 35.5. The molecule has 1 aliphatic rings. The van der Waals surface area contributed by atoms with Crippen molar-refractivity contribution < 1.29 is 9.59 Å². The van der Waals surface area contributed by atoms with E-state index in [0.717, 1.165) is 35.5 Å². The van der Waals surface area contributed by atoms with E-state index in [9.17, 15) is 9.59 Å². The maximum Gasteiger partial charge on any atom is 0.258 e. The van der Waals surface area contributed by atoms with Crippen molar-refractivity contribution >= 4 is 51.7 Å². The zero-order chi connectivity index (χ0) is 24.9. The van der Waals surface area contributed by atoms with E-state index in [1.165, 1.54) is 0 Å². The van der Waals surface area contributed by atoms with Crippen LogP contribution in [0.3, 0.4) is 0 Å². The Hall–Kier alpha value is -3.61. The Morgan fingerprint density at radius 1 is 1.00 bits per heavy atom. The molecular weight excluding hydrogens is 460 g/mol. The van der Waals surface area contributed by atoms with Gasteiger partial charge in [0.1, 0.15) is 0 Å². The minimum Gasteiger partial charge on any atom is -0.354 e. The van der Waals surface area contributed by atoms with Gasteiger partial charge < -0.3 is 15.5 Å². The molecule has 0 saturated carbocycles. The highest BCUT2D eigenvalue weighted by molar-refractivity contribution is 6.38. The number of amides is 2. The second-order valence-electron chi connectivity index (χ2n) is 8.62. The van der Waals surface area contributed by atoms with Crippen LogP contribution in [0, 0.1) is 0 Å². The molecule has 35 heavy (non-hydrogen) atoms. The third-order valence-electron chi connectivity index (χ3n) is 5.95. The molecule has 0 bridgehead atoms. The third-order valence-corrected chi connectivity index (χ3v) is 6.18. The van der Waals surface area contributed by atoms with Crippen molar-refractivity contribution in [3.8, 4) is 0 Å². The van der Waals surface area contributed by atoms with Crippen LogP contribution in [-0.2, 0) is 9.59 Å². The molecule has 4 rings (SSSR count). The zero-order valence-electron chi connectivity index (χ0n) is 20.1. The second-order valence-corrected chi connectivity index (χ2v) is 9.06. The van der Waals surface area contributed by atoms with Crippen LogP contribution < -0.4 is 15.5 Å². The number of anilines is 3. The summed E-state index contributed by atoms with van der Waals surface area (Å²) in [5.41, 5.74) is 5.23. The summed E-state index contributed by atoms with van der Waals surface area (Å²) in [4.78, 5) is 29.3. The molecular formula is C28H29ClN4O2. The van der Waals surface area contributed by atoms with Gasteiger partial charge in [-0.15, -0.1) is 0 Å². The first-order valence-electron chi connectivity index (χ1n) is 11.6. The van der Waals surface area contributed by atoms with Crippen molar-refractivity contribution in [1.82, 2.24) is 4.90 Å². The summed E-state index contributed by atoms with van der Waals surface area (Å²) in [6.45, 7) is 3.34. The van der Waals surface area contributed by atoms with Gasteiger partial charge in [-0.1, -0.05) is 54.9 Å². The smallest absolute Gasteiger partial charge is 0.258 e. The van der Waals surface area contributed by atoms with Crippen molar-refractivity contribution in [3.63, 3.8) is 0 Å². The van der Waals surface area contributed by atoms with E-state index < -0.39 is 0 Å². The summed E-state index contributed by atoms with van der Waals surface area (Å²) < 4.78 is 0. The van der Waals surface area contributed by atoms with Crippen molar-refractivity contribution in [2.75, 3.05) is 42.7 Å². The number of likely N-dealkylation sites (N-methyl/N-ethyl adjacent to an activating group) is 2. The predicted molar refractivity (Wildman–Crippen MR) is 145 cm³/mol. The number of carbonyl (C=O) groups is 2. The molecule has 0 radical (unpaired) electrons. The van der Waals surface area contributed by atoms with Gasteiger partial charge in [-0.3, -0.25) is 14.5 Å². The summed E-state index contributed by atoms with van der Waals surface area (Å²) in [7, 11) is 3.74. The molecule has 0 aliphatic carbocycles. The largest absolute Gasteiger partial charge is 0.354 e. The summed E-state index contributed by atoms with van der Waals surface area (Å²) in [6, 6.07) is 22.7. The fraction of sp³-hybridized carbons (Fsp3) is 0.214. The lowest BCUT2D eigenvalue weighted by Gasteiger charge is -2.22. The van der Waals surface area contributed by atoms with E-state index in [1.54, 1.807) is 24.1 Å². The molecule has 6 nitrogen and oxygen atoms in total. The monoisotopic (exact) mass is 488 g/mol. The molecule has 0 saturated heterocycles. The quantitative estimate of drug-likeness (QED) is 0.406. The van der Waals surface area contributed by atoms with E-state index >= 15 is 0 Å². The van der Waals surface area contributed by atoms with Crippen LogP contribution in [0.15, 0.2) is 72.8 Å². The first-order chi connectivity index (χ1) is 16.9. The average Bonchev–Trinajstić information content (AvgIpc) is 3.17. The standard InChI is InChI=1S/C28H29ClN4O2/c1-4-16-32(2)18-25(34)33(3)22-13-11-21(12-14-22)30-27(19-8-6-5-7-9-19)26-23-15-10-20(29)17-24(23)31-28(26)35/h5-15,17,30H,4,16,18H2,1-3H3,(H,31,35). The number of carbonyl (C=O) groups excluding carboxylic acids is 2. The Kier molecular flexibility index (Phi) is 7.54. The van der Waals surface area contributed by atoms with Crippen LogP contribution in [0.25, 0.3) is 11.3 Å². The highest BCUT2D eigenvalue weighted by Crippen LogP contribution is 2.38. The molecule has 180 valence electrons. The number of hydrogen-bond donors (Lipinski definition) is 2. The van der Waals surface area contributed by atoms with Gasteiger partial charge in [-0.05, 0) is 62.0 Å². The Morgan fingerprint density at radius 3 is 2.40 bits per heavy atom. The van der Waals surface area contributed by atoms with Crippen LogP contribution in [0.2, 0.25) is 5.02 Å². The number of benzene rings is 3. The highest BCUT2D eigenvalue weighted by Gasteiger charge is 2.28. The van der Waals surface area contributed by atoms with Crippen LogP contribution in [0.5, 0.6) is 0 Å². The van der Waals surface area contributed by atoms with E-state index in [2.05, 4.69) is 17.6 Å². The lowest BCUT2D eigenvalue weighted by molar-refractivity contribution is -0.119. The number of halogens is 1. The zero-order valence-corrected chi connectivity index (χ0v) is 20.9. The Labute approximate surface area is 211 Å². The molecule has 2 N–H and O–H groups in total. The van der Waals surface area contributed by atoms with Gasteiger partial charge in [0.25, 0.3) is 5.91 Å². The van der Waals surface area contributed by atoms with Crippen molar-refractivity contribution in [2.45, 2.75) is 13.3 Å². The summed E-state index contributed by atoms with van der Waals surface area (Å²) >= 11 is 6.14. The molecule has 1 heterocycles. The van der Waals surface area contributed by atoms with Gasteiger partial charge in [-0.25, -0.2) is 0 Å². The molecule has 3 aromatic carbocycles. The van der Waals surface area contributed by atoms with E-state index in [0.29, 0.717) is 28.5 Å². The minimum atomic E-state index is -0.188. The number of nitrogens with one attached hydrogen (secondary N) is 2. The molecule has 0 unspecified atom stereocenters. The van der Waals surface area contributed by atoms with Gasteiger partial charge >= 0.3 is 0 Å². The lowest BCUT2D eigenvalue weighted by Crippen LogP contribution is -2.36. The van der Waals surface area contributed by atoms with E-state index in [4.69, 9.17) is 11.6 Å². The fourth-order valence-corrected chi connectivity index (χ4v) is 4.30. The molecule has 3 aromatic rings. The number of hydrogen-bond acceptors (Lipinski definition) is 4. The second kappa shape index (κ2) is 10.8. The Morgan fingerprint density at radius 2 is 1.71 bits per heavy atom. The average molecular weight is 489 g/mol. The number of fused-ring (bicyclic) bond motifs is 1. The van der Waals surface area contributed by atoms with Crippen LogP contribution in [-0.4, -0.2) is 43.9 Å². The first kappa shape index (κ1) is 24.5. The third kappa shape index (κ3) is 5.56. The van der Waals surface area contributed by atoms with Crippen molar-refractivity contribution in [2.24, 2.45) is 0 Å². The molecule has 0 spiro atoms. The van der Waals surface area contributed by atoms with Gasteiger partial charge in [0.2, 0.25) is 5.91 Å². The number of nitrogens with zero attached hydrogens (tertiary/aromatic N) is 2. The maximum absolute atomic E-state index is 13.0.